The summed E-state index contributed by atoms with van der Waals surface area (Å²) in [6.45, 7) is 2.60. The predicted molar refractivity (Wildman–Crippen MR) is 81.3 cm³/mol. The van der Waals surface area contributed by atoms with Crippen molar-refractivity contribution in [2.75, 3.05) is 32.0 Å². The van der Waals surface area contributed by atoms with Crippen LogP contribution in [0.5, 0.6) is 5.75 Å². The van der Waals surface area contributed by atoms with Gasteiger partial charge in [-0.25, -0.2) is 0 Å². The molecule has 0 radical (unpaired) electrons. The standard InChI is InChI=1S/C16H24N2O3/c17-12-3-1-4-14(9-12)21-11-13(19)10-18-7-8-20-16-6-2-5-15(16)18/h1,3-4,9,13,15-16,19H,2,5-8,10-11,17H2. The van der Waals surface area contributed by atoms with Gasteiger partial charge in [0.15, 0.2) is 0 Å². The van der Waals surface area contributed by atoms with Gasteiger partial charge in [-0.15, -0.1) is 0 Å². The first-order valence-electron chi connectivity index (χ1n) is 7.74. The quantitative estimate of drug-likeness (QED) is 0.800. The first kappa shape index (κ1) is 14.6. The van der Waals surface area contributed by atoms with Crippen LogP contribution in [0.4, 0.5) is 5.69 Å². The first-order valence-corrected chi connectivity index (χ1v) is 7.74. The van der Waals surface area contributed by atoms with Gasteiger partial charge < -0.3 is 20.3 Å². The minimum absolute atomic E-state index is 0.290. The monoisotopic (exact) mass is 292 g/mol. The van der Waals surface area contributed by atoms with Gasteiger partial charge in [-0.3, -0.25) is 4.90 Å². The number of anilines is 1. The van der Waals surface area contributed by atoms with Crippen LogP contribution in [-0.2, 0) is 4.74 Å². The number of nitrogen functional groups attached to an aromatic ring is 1. The molecule has 5 heteroatoms. The van der Waals surface area contributed by atoms with Crippen molar-refractivity contribution in [1.82, 2.24) is 4.90 Å². The van der Waals surface area contributed by atoms with Crippen LogP contribution in [0.15, 0.2) is 24.3 Å². The van der Waals surface area contributed by atoms with Crippen molar-refractivity contribution in [3.05, 3.63) is 24.3 Å². The highest BCUT2D eigenvalue weighted by molar-refractivity contribution is 5.43. The fourth-order valence-electron chi connectivity index (χ4n) is 3.35. The Morgan fingerprint density at radius 2 is 2.33 bits per heavy atom. The number of rotatable bonds is 5. The van der Waals surface area contributed by atoms with Crippen LogP contribution >= 0.6 is 0 Å². The number of β-amino-alcohol motifs (C(OH)–C–C–N with tert-alkyl or cyclic N) is 1. The second kappa shape index (κ2) is 6.64. The third kappa shape index (κ3) is 3.67. The molecule has 1 saturated heterocycles. The largest absolute Gasteiger partial charge is 0.491 e. The Kier molecular flexibility index (Phi) is 4.63. The molecule has 5 nitrogen and oxygen atoms in total. The number of benzene rings is 1. The molecular weight excluding hydrogens is 268 g/mol. The lowest BCUT2D eigenvalue weighted by Crippen LogP contribution is -2.51. The molecule has 0 aromatic heterocycles. The molecule has 21 heavy (non-hydrogen) atoms. The van der Waals surface area contributed by atoms with Crippen LogP contribution in [0.3, 0.4) is 0 Å². The maximum atomic E-state index is 10.2. The molecule has 1 aliphatic heterocycles. The molecule has 0 amide bonds. The van der Waals surface area contributed by atoms with E-state index in [4.69, 9.17) is 15.2 Å². The van der Waals surface area contributed by atoms with E-state index in [-0.39, 0.29) is 6.61 Å². The Morgan fingerprint density at radius 1 is 1.43 bits per heavy atom. The molecule has 0 spiro atoms. The molecule has 1 aliphatic carbocycles. The van der Waals surface area contributed by atoms with E-state index in [2.05, 4.69) is 4.90 Å². The van der Waals surface area contributed by atoms with E-state index in [0.29, 0.717) is 30.1 Å². The Bertz CT molecular complexity index is 469. The summed E-state index contributed by atoms with van der Waals surface area (Å²) in [6, 6.07) is 7.76. The topological polar surface area (TPSA) is 68.0 Å². The fraction of sp³-hybridized carbons (Fsp3) is 0.625. The first-order chi connectivity index (χ1) is 10.2. The molecule has 1 saturated carbocycles. The number of fused-ring (bicyclic) bond motifs is 1. The Hall–Kier alpha value is -1.30. The van der Waals surface area contributed by atoms with Gasteiger partial charge in [0.2, 0.25) is 0 Å². The Morgan fingerprint density at radius 3 is 3.19 bits per heavy atom. The number of morpholine rings is 1. The molecule has 0 bridgehead atoms. The number of hydrogen-bond donors (Lipinski definition) is 2. The van der Waals surface area contributed by atoms with Gasteiger partial charge in [-0.05, 0) is 31.4 Å². The molecule has 116 valence electrons. The highest BCUT2D eigenvalue weighted by Gasteiger charge is 2.36. The van der Waals surface area contributed by atoms with Crippen LogP contribution in [-0.4, -0.2) is 54.6 Å². The van der Waals surface area contributed by atoms with Crippen molar-refractivity contribution in [3.8, 4) is 5.75 Å². The van der Waals surface area contributed by atoms with Gasteiger partial charge in [0.25, 0.3) is 0 Å². The average molecular weight is 292 g/mol. The van der Waals surface area contributed by atoms with Crippen molar-refractivity contribution in [3.63, 3.8) is 0 Å². The molecule has 1 aromatic rings. The minimum Gasteiger partial charge on any atom is -0.491 e. The highest BCUT2D eigenvalue weighted by Crippen LogP contribution is 2.29. The van der Waals surface area contributed by atoms with Gasteiger partial charge in [0.05, 0.1) is 12.7 Å². The number of hydrogen-bond acceptors (Lipinski definition) is 5. The SMILES string of the molecule is Nc1cccc(OCC(O)CN2CCOC3CCCC32)c1. The average Bonchev–Trinajstić information content (AvgIpc) is 2.95. The zero-order chi connectivity index (χ0) is 14.7. The lowest BCUT2D eigenvalue weighted by molar-refractivity contribution is -0.0703. The summed E-state index contributed by atoms with van der Waals surface area (Å²) in [7, 11) is 0. The summed E-state index contributed by atoms with van der Waals surface area (Å²) in [5.74, 6) is 0.703. The lowest BCUT2D eigenvalue weighted by Gasteiger charge is -2.38. The van der Waals surface area contributed by atoms with Crippen LogP contribution in [0.1, 0.15) is 19.3 Å². The Balaban J connectivity index is 1.48. The normalized spacial score (nSPS) is 27.3. The number of aliphatic hydroxyl groups is 1. The lowest BCUT2D eigenvalue weighted by atomic mass is 10.1. The molecular formula is C16H24N2O3. The third-order valence-corrected chi connectivity index (χ3v) is 4.34. The summed E-state index contributed by atoms with van der Waals surface area (Å²) in [5, 5.41) is 10.2. The van der Waals surface area contributed by atoms with Crippen LogP contribution in [0.2, 0.25) is 0 Å². The van der Waals surface area contributed by atoms with Gasteiger partial charge in [0.1, 0.15) is 18.5 Å². The van der Waals surface area contributed by atoms with E-state index in [0.717, 1.165) is 19.6 Å². The Labute approximate surface area is 125 Å². The van der Waals surface area contributed by atoms with E-state index in [1.54, 1.807) is 6.07 Å². The second-order valence-corrected chi connectivity index (χ2v) is 5.94. The summed E-state index contributed by atoms with van der Waals surface area (Å²) >= 11 is 0. The van der Waals surface area contributed by atoms with Gasteiger partial charge in [-0.2, -0.15) is 0 Å². The predicted octanol–water partition coefficient (Wildman–Crippen LogP) is 1.26. The molecule has 3 rings (SSSR count). The maximum Gasteiger partial charge on any atom is 0.121 e. The highest BCUT2D eigenvalue weighted by atomic mass is 16.5. The van der Waals surface area contributed by atoms with Gasteiger partial charge in [0, 0.05) is 30.9 Å². The van der Waals surface area contributed by atoms with E-state index < -0.39 is 6.10 Å². The van der Waals surface area contributed by atoms with Crippen molar-refractivity contribution < 1.29 is 14.6 Å². The molecule has 1 heterocycles. The summed E-state index contributed by atoms with van der Waals surface area (Å²) in [6.07, 6.45) is 3.42. The van der Waals surface area contributed by atoms with Crippen LogP contribution in [0, 0.1) is 0 Å². The van der Waals surface area contributed by atoms with Crippen LogP contribution in [0.25, 0.3) is 0 Å². The van der Waals surface area contributed by atoms with E-state index in [1.165, 1.54) is 12.8 Å². The second-order valence-electron chi connectivity index (χ2n) is 5.94. The van der Waals surface area contributed by atoms with E-state index >= 15 is 0 Å². The summed E-state index contributed by atoms with van der Waals surface area (Å²) in [5.41, 5.74) is 6.38. The molecule has 2 fully saturated rings. The van der Waals surface area contributed by atoms with Crippen molar-refractivity contribution in [1.29, 1.82) is 0 Å². The van der Waals surface area contributed by atoms with E-state index in [9.17, 15) is 5.11 Å². The third-order valence-electron chi connectivity index (χ3n) is 4.34. The minimum atomic E-state index is -0.495. The maximum absolute atomic E-state index is 10.2. The molecule has 3 N–H and O–H groups in total. The summed E-state index contributed by atoms with van der Waals surface area (Å²) in [4.78, 5) is 2.36. The van der Waals surface area contributed by atoms with E-state index in [1.807, 2.05) is 18.2 Å². The number of nitrogens with zero attached hydrogens (tertiary/aromatic N) is 1. The van der Waals surface area contributed by atoms with Crippen molar-refractivity contribution >= 4 is 5.69 Å². The van der Waals surface area contributed by atoms with Crippen molar-refractivity contribution in [2.24, 2.45) is 0 Å². The summed E-state index contributed by atoms with van der Waals surface area (Å²) < 4.78 is 11.4. The van der Waals surface area contributed by atoms with Gasteiger partial charge >= 0.3 is 0 Å². The smallest absolute Gasteiger partial charge is 0.121 e. The fourth-order valence-corrected chi connectivity index (χ4v) is 3.35. The van der Waals surface area contributed by atoms with Gasteiger partial charge in [-0.1, -0.05) is 6.07 Å². The number of aliphatic hydroxyl groups excluding tert-OH is 1. The number of ether oxygens (including phenoxy) is 2. The molecule has 1 aromatic carbocycles. The number of nitrogens with two attached hydrogens (primary N) is 1. The van der Waals surface area contributed by atoms with Crippen molar-refractivity contribution in [2.45, 2.75) is 37.5 Å². The zero-order valence-corrected chi connectivity index (χ0v) is 12.3. The van der Waals surface area contributed by atoms with Crippen LogP contribution < -0.4 is 10.5 Å². The molecule has 2 aliphatic rings. The zero-order valence-electron chi connectivity index (χ0n) is 12.3. The molecule has 3 atom stereocenters. The molecule has 3 unspecified atom stereocenters.